The molecule has 4 nitrogen and oxygen atoms in total. The van der Waals surface area contributed by atoms with Crippen LogP contribution in [-0.4, -0.2) is 23.8 Å². The van der Waals surface area contributed by atoms with Gasteiger partial charge in [-0.15, -0.1) is 22.7 Å². The van der Waals surface area contributed by atoms with Crippen LogP contribution < -0.4 is 0 Å². The van der Waals surface area contributed by atoms with Crippen molar-refractivity contribution in [2.24, 2.45) is 0 Å². The molecule has 0 aliphatic rings. The van der Waals surface area contributed by atoms with Crippen molar-refractivity contribution in [1.82, 2.24) is 4.98 Å². The van der Waals surface area contributed by atoms with Crippen molar-refractivity contribution < 1.29 is 14.3 Å². The number of methoxy groups -OCH3 is 1. The summed E-state index contributed by atoms with van der Waals surface area (Å²) in [5.41, 5.74) is 3.72. The van der Waals surface area contributed by atoms with Gasteiger partial charge in [0.05, 0.1) is 29.1 Å². The smallest absolute Gasteiger partial charge is 0.311 e. The largest absolute Gasteiger partial charge is 0.469 e. The SMILES string of the molecule is CC.CC.CCCc1ccc(C(C)=O)s1.CCCc1ccccc1C.CCc1nc(CC(=O)OC)cs1. The van der Waals surface area contributed by atoms with E-state index in [1.54, 1.807) is 29.6 Å². The number of aromatic nitrogens is 1. The molecule has 3 rings (SSSR count). The van der Waals surface area contributed by atoms with Gasteiger partial charge >= 0.3 is 5.97 Å². The Hall–Kier alpha value is -2.31. The van der Waals surface area contributed by atoms with Crippen LogP contribution in [0.5, 0.6) is 0 Å². The lowest BCUT2D eigenvalue weighted by Gasteiger charge is -2.01. The zero-order chi connectivity index (χ0) is 28.6. The van der Waals surface area contributed by atoms with Crippen LogP contribution in [0.25, 0.3) is 0 Å². The number of ether oxygens (including phenoxy) is 1. The minimum Gasteiger partial charge on any atom is -0.469 e. The van der Waals surface area contributed by atoms with E-state index in [1.807, 2.05) is 52.1 Å². The number of nitrogens with zero attached hydrogens (tertiary/aromatic N) is 1. The monoisotopic (exact) mass is 547 g/mol. The number of thiazole rings is 1. The van der Waals surface area contributed by atoms with Gasteiger partial charge in [-0.1, -0.05) is 85.6 Å². The summed E-state index contributed by atoms with van der Waals surface area (Å²) in [5, 5.41) is 2.96. The topological polar surface area (TPSA) is 56.3 Å². The molecule has 3 aromatic rings. The van der Waals surface area contributed by atoms with Crippen LogP contribution in [-0.2, 0) is 35.2 Å². The van der Waals surface area contributed by atoms with Gasteiger partial charge in [0.15, 0.2) is 5.78 Å². The van der Waals surface area contributed by atoms with E-state index in [0.717, 1.165) is 34.8 Å². The van der Waals surface area contributed by atoms with Crippen LogP contribution in [0.4, 0.5) is 0 Å². The number of rotatable bonds is 8. The normalized spacial score (nSPS) is 9.14. The van der Waals surface area contributed by atoms with Crippen molar-refractivity contribution in [3.63, 3.8) is 0 Å². The van der Waals surface area contributed by atoms with E-state index in [4.69, 9.17) is 0 Å². The molecular weight excluding hydrogens is 498 g/mol. The average molecular weight is 548 g/mol. The number of Topliss-reactive ketones (excluding diaryl/α,β-unsaturated/α-hetero) is 1. The molecule has 6 heteroatoms. The summed E-state index contributed by atoms with van der Waals surface area (Å²) in [5.74, 6) is -0.0553. The second-order valence-corrected chi connectivity index (χ2v) is 9.70. The predicted molar refractivity (Wildman–Crippen MR) is 163 cm³/mol. The highest BCUT2D eigenvalue weighted by Gasteiger charge is 2.06. The van der Waals surface area contributed by atoms with Gasteiger partial charge in [0.1, 0.15) is 0 Å². The van der Waals surface area contributed by atoms with Gasteiger partial charge in [-0.3, -0.25) is 9.59 Å². The minimum atomic E-state index is -0.233. The first-order valence-electron chi connectivity index (χ1n) is 13.5. The van der Waals surface area contributed by atoms with Crippen LogP contribution in [0.3, 0.4) is 0 Å². The van der Waals surface area contributed by atoms with Crippen LogP contribution in [0, 0.1) is 6.92 Å². The molecule has 2 aromatic heterocycles. The number of carbonyl (C=O) groups is 2. The van der Waals surface area contributed by atoms with E-state index in [-0.39, 0.29) is 18.2 Å². The zero-order valence-corrected chi connectivity index (χ0v) is 26.4. The number of hydrogen-bond donors (Lipinski definition) is 0. The first kappa shape index (κ1) is 36.8. The molecule has 0 N–H and O–H groups in total. The average Bonchev–Trinajstić information content (AvgIpc) is 3.59. The van der Waals surface area contributed by atoms with Gasteiger partial charge in [-0.2, -0.15) is 0 Å². The Kier molecular flexibility index (Phi) is 24.0. The third kappa shape index (κ3) is 16.9. The molecule has 1 aromatic carbocycles. The molecular formula is C31H49NO3S2. The van der Waals surface area contributed by atoms with E-state index in [0.29, 0.717) is 0 Å². The van der Waals surface area contributed by atoms with E-state index in [2.05, 4.69) is 54.8 Å². The van der Waals surface area contributed by atoms with Gasteiger partial charge in [-0.05, 0) is 56.4 Å². The van der Waals surface area contributed by atoms with Gasteiger partial charge < -0.3 is 4.74 Å². The highest BCUT2D eigenvalue weighted by atomic mass is 32.1. The van der Waals surface area contributed by atoms with E-state index >= 15 is 0 Å². The fourth-order valence-electron chi connectivity index (χ4n) is 2.92. The van der Waals surface area contributed by atoms with Crippen molar-refractivity contribution in [2.75, 3.05) is 7.11 Å². The summed E-state index contributed by atoms with van der Waals surface area (Å²) >= 11 is 3.20. The van der Waals surface area contributed by atoms with Gasteiger partial charge in [0, 0.05) is 10.3 Å². The second kappa shape index (κ2) is 24.1. The maximum Gasteiger partial charge on any atom is 0.311 e. The van der Waals surface area contributed by atoms with Gasteiger partial charge in [0.25, 0.3) is 0 Å². The van der Waals surface area contributed by atoms with Crippen molar-refractivity contribution >= 4 is 34.4 Å². The van der Waals surface area contributed by atoms with Crippen molar-refractivity contribution in [3.05, 3.63) is 73.4 Å². The Morgan fingerprint density at radius 1 is 0.919 bits per heavy atom. The summed E-state index contributed by atoms with van der Waals surface area (Å²) < 4.78 is 4.52. The fraction of sp³-hybridized carbons (Fsp3) is 0.516. The molecule has 2 heterocycles. The van der Waals surface area contributed by atoms with Crippen LogP contribution in [0.15, 0.2) is 41.8 Å². The highest BCUT2D eigenvalue weighted by molar-refractivity contribution is 7.14. The number of ketones is 1. The lowest BCUT2D eigenvalue weighted by molar-refractivity contribution is -0.139. The Morgan fingerprint density at radius 3 is 2.00 bits per heavy atom. The lowest BCUT2D eigenvalue weighted by Crippen LogP contribution is -2.04. The molecule has 0 fully saturated rings. The van der Waals surface area contributed by atoms with E-state index in [9.17, 15) is 9.59 Å². The van der Waals surface area contributed by atoms with Crippen LogP contribution in [0.2, 0.25) is 0 Å². The molecule has 37 heavy (non-hydrogen) atoms. The first-order chi connectivity index (χ1) is 17.8. The van der Waals surface area contributed by atoms with Gasteiger partial charge in [-0.25, -0.2) is 4.98 Å². The second-order valence-electron chi connectivity index (χ2n) is 7.59. The Balaban J connectivity index is 0. The molecule has 208 valence electrons. The van der Waals surface area contributed by atoms with Crippen LogP contribution in [0.1, 0.15) is 105 Å². The quantitative estimate of drug-likeness (QED) is 0.208. The third-order valence-corrected chi connectivity index (χ3v) is 7.03. The standard InChI is InChI=1S/C10H14.C9H12OS.C8H11NO2S.2C2H6/c1-3-6-10-8-5-4-7-9(10)2;1-3-4-8-5-6-9(11-8)7(2)10;1-3-7-9-6(5-12-7)4-8(10)11-2;2*1-2/h4-5,7-8H,3,6H2,1-2H3;5-6H,3-4H2,1-2H3;5H,3-4H2,1-2H3;2*1-2H3. The number of esters is 1. The molecule has 0 amide bonds. The number of benzene rings is 1. The summed E-state index contributed by atoms with van der Waals surface area (Å²) in [4.78, 5) is 28.1. The molecule has 0 unspecified atom stereocenters. The van der Waals surface area contributed by atoms with Crippen molar-refractivity contribution in [1.29, 1.82) is 0 Å². The molecule has 0 atom stereocenters. The van der Waals surface area contributed by atoms with Gasteiger partial charge in [0.2, 0.25) is 0 Å². The Bertz CT molecular complexity index is 976. The third-order valence-electron chi connectivity index (χ3n) is 4.74. The highest BCUT2D eigenvalue weighted by Crippen LogP contribution is 2.18. The first-order valence-corrected chi connectivity index (χ1v) is 15.2. The van der Waals surface area contributed by atoms with Crippen molar-refractivity contribution in [3.8, 4) is 0 Å². The Labute approximate surface area is 234 Å². The number of thiophene rings is 1. The minimum absolute atomic E-state index is 0.178. The zero-order valence-electron chi connectivity index (χ0n) is 24.8. The molecule has 0 spiro atoms. The maximum absolute atomic E-state index is 10.9. The molecule has 0 saturated heterocycles. The predicted octanol–water partition coefficient (Wildman–Crippen LogP) is 9.32. The van der Waals surface area contributed by atoms with Crippen LogP contribution >= 0.6 is 22.7 Å². The maximum atomic E-state index is 10.9. The van der Waals surface area contributed by atoms with E-state index < -0.39 is 0 Å². The molecule has 0 saturated carbocycles. The lowest BCUT2D eigenvalue weighted by atomic mass is 10.1. The molecule has 0 aliphatic heterocycles. The summed E-state index contributed by atoms with van der Waals surface area (Å²) in [6.07, 6.45) is 5.91. The van der Waals surface area contributed by atoms with E-state index in [1.165, 1.54) is 36.0 Å². The number of hydrogen-bond acceptors (Lipinski definition) is 6. The number of carbonyl (C=O) groups excluding carboxylic acids is 2. The Morgan fingerprint density at radius 2 is 1.54 bits per heavy atom. The summed E-state index contributed by atoms with van der Waals surface area (Å²) in [7, 11) is 1.38. The molecule has 0 bridgehead atoms. The number of aryl methyl sites for hydroxylation is 4. The summed E-state index contributed by atoms with van der Waals surface area (Å²) in [6.45, 7) is 18.2. The fourth-order valence-corrected chi connectivity index (χ4v) is 4.67. The van der Waals surface area contributed by atoms with Crippen molar-refractivity contribution in [2.45, 2.75) is 101 Å². The summed E-state index contributed by atoms with van der Waals surface area (Å²) in [6, 6.07) is 12.5. The molecule has 0 aliphatic carbocycles. The molecule has 0 radical (unpaired) electrons.